The van der Waals surface area contributed by atoms with Gasteiger partial charge in [-0.25, -0.2) is 0 Å². The minimum Gasteiger partial charge on any atom is -0.384 e. The molecule has 3 rings (SSSR count). The molecule has 0 aromatic heterocycles. The highest BCUT2D eigenvalue weighted by atomic mass is 35.7. The van der Waals surface area contributed by atoms with Gasteiger partial charge in [-0.05, 0) is 34.6 Å². The Balaban J connectivity index is 1.71. The Morgan fingerprint density at radius 1 is 0.462 bits per heavy atom. The minimum absolute atomic E-state index is 0.840. The fraction of sp³-hybridized carbons (Fsp3) is 0. The summed E-state index contributed by atoms with van der Waals surface area (Å²) in [4.78, 5) is 6.49. The molecule has 0 amide bonds. The standard InChI is InChI=1S/C18H16Cl4N2Si2/c19-25(20,17-7-3-1-4-8-17)23-15-11-13-16(14-12-15)24-26(21,22)18-9-5-2-6-10-18/h1-14,23-24H. The lowest BCUT2D eigenvalue weighted by molar-refractivity contribution is 1.62. The van der Waals surface area contributed by atoms with Gasteiger partial charge in [-0.3, -0.25) is 0 Å². The second-order valence-electron chi connectivity index (χ2n) is 5.71. The van der Waals surface area contributed by atoms with Crippen LogP contribution in [0.4, 0.5) is 11.4 Å². The molecule has 2 nitrogen and oxygen atoms in total. The number of hydrogen-bond acceptors (Lipinski definition) is 2. The van der Waals surface area contributed by atoms with Gasteiger partial charge in [0, 0.05) is 11.4 Å². The Morgan fingerprint density at radius 3 is 1.08 bits per heavy atom. The zero-order valence-corrected chi connectivity index (χ0v) is 18.6. The molecule has 0 saturated heterocycles. The molecule has 0 radical (unpaired) electrons. The van der Waals surface area contributed by atoms with Gasteiger partial charge in [0.2, 0.25) is 0 Å². The van der Waals surface area contributed by atoms with Crippen LogP contribution in [0.5, 0.6) is 0 Å². The third-order valence-corrected chi connectivity index (χ3v) is 10.8. The van der Waals surface area contributed by atoms with Gasteiger partial charge < -0.3 is 9.96 Å². The van der Waals surface area contributed by atoms with Crippen LogP contribution in [0.25, 0.3) is 0 Å². The van der Waals surface area contributed by atoms with Crippen LogP contribution in [-0.2, 0) is 0 Å². The SMILES string of the molecule is Cl[Si](Cl)(Nc1ccc(N[Si](Cl)(Cl)c2ccccc2)cc1)c1ccccc1. The van der Waals surface area contributed by atoms with Crippen LogP contribution in [0.15, 0.2) is 84.9 Å². The maximum atomic E-state index is 6.56. The van der Waals surface area contributed by atoms with Crippen LogP contribution in [0.3, 0.4) is 0 Å². The van der Waals surface area contributed by atoms with Gasteiger partial charge in [-0.15, -0.1) is 44.3 Å². The second kappa shape index (κ2) is 8.25. The van der Waals surface area contributed by atoms with Crippen molar-refractivity contribution in [2.75, 3.05) is 9.96 Å². The second-order valence-corrected chi connectivity index (χ2v) is 17.6. The van der Waals surface area contributed by atoms with Crippen LogP contribution in [0, 0.1) is 0 Å². The molecule has 8 heteroatoms. The van der Waals surface area contributed by atoms with E-state index in [-0.39, 0.29) is 0 Å². The smallest absolute Gasteiger partial charge is 0.383 e. The van der Waals surface area contributed by atoms with Gasteiger partial charge in [-0.2, -0.15) is 0 Å². The van der Waals surface area contributed by atoms with Gasteiger partial charge in [-0.1, -0.05) is 60.7 Å². The van der Waals surface area contributed by atoms with E-state index in [0.717, 1.165) is 21.7 Å². The Labute approximate surface area is 174 Å². The number of benzene rings is 3. The molecule has 3 aromatic carbocycles. The molecular formula is C18H16Cl4N2Si2. The van der Waals surface area contributed by atoms with Crippen molar-refractivity contribution in [1.29, 1.82) is 0 Å². The summed E-state index contributed by atoms with van der Waals surface area (Å²) in [7, 11) is 0. The summed E-state index contributed by atoms with van der Waals surface area (Å²) >= 11 is 26.3. The van der Waals surface area contributed by atoms with Crippen molar-refractivity contribution in [2.24, 2.45) is 0 Å². The molecular weight excluding hydrogens is 442 g/mol. The maximum absolute atomic E-state index is 6.56. The van der Waals surface area contributed by atoms with Gasteiger partial charge in [0.15, 0.2) is 0 Å². The molecule has 0 saturated carbocycles. The van der Waals surface area contributed by atoms with Crippen LogP contribution in [-0.4, -0.2) is 13.7 Å². The molecule has 0 fully saturated rings. The fourth-order valence-corrected chi connectivity index (χ4v) is 7.83. The summed E-state index contributed by atoms with van der Waals surface area (Å²) in [6, 6.07) is 26.9. The first kappa shape index (κ1) is 19.6. The zero-order valence-electron chi connectivity index (χ0n) is 13.6. The summed E-state index contributed by atoms with van der Waals surface area (Å²) in [5.41, 5.74) is 1.68. The predicted octanol–water partition coefficient (Wildman–Crippen LogP) is 5.16. The molecule has 0 aliphatic heterocycles. The van der Waals surface area contributed by atoms with Crippen molar-refractivity contribution in [3.8, 4) is 0 Å². The van der Waals surface area contributed by atoms with Crippen molar-refractivity contribution in [3.05, 3.63) is 84.9 Å². The molecule has 2 N–H and O–H groups in total. The number of nitrogens with one attached hydrogen (secondary N) is 2. The van der Waals surface area contributed by atoms with E-state index in [4.69, 9.17) is 44.3 Å². The quantitative estimate of drug-likeness (QED) is 0.394. The Bertz CT molecular complexity index is 772. The summed E-state index contributed by atoms with van der Waals surface area (Å²) in [6.07, 6.45) is 0. The molecule has 0 bridgehead atoms. The summed E-state index contributed by atoms with van der Waals surface area (Å²) in [5, 5.41) is 1.81. The van der Waals surface area contributed by atoms with Crippen LogP contribution in [0.1, 0.15) is 0 Å². The summed E-state index contributed by atoms with van der Waals surface area (Å²) in [6.45, 7) is -5.61. The summed E-state index contributed by atoms with van der Waals surface area (Å²) in [5.74, 6) is 0. The van der Waals surface area contributed by atoms with Gasteiger partial charge >= 0.3 is 13.7 Å². The Hall–Kier alpha value is -1.15. The predicted molar refractivity (Wildman–Crippen MR) is 121 cm³/mol. The van der Waals surface area contributed by atoms with E-state index in [1.54, 1.807) is 0 Å². The monoisotopic (exact) mass is 456 g/mol. The first-order valence-electron chi connectivity index (χ1n) is 7.90. The first-order chi connectivity index (χ1) is 12.4. The summed E-state index contributed by atoms with van der Waals surface area (Å²) < 4.78 is 0. The molecule has 0 aliphatic carbocycles. The van der Waals surface area contributed by atoms with Crippen molar-refractivity contribution in [3.63, 3.8) is 0 Å². The number of anilines is 2. The Morgan fingerprint density at radius 2 is 0.769 bits per heavy atom. The van der Waals surface area contributed by atoms with Crippen molar-refractivity contribution < 1.29 is 0 Å². The highest BCUT2D eigenvalue weighted by molar-refractivity contribution is 7.52. The van der Waals surface area contributed by atoms with E-state index < -0.39 is 13.7 Å². The number of halogens is 4. The van der Waals surface area contributed by atoms with Gasteiger partial charge in [0.1, 0.15) is 0 Å². The van der Waals surface area contributed by atoms with Gasteiger partial charge in [0.05, 0.1) is 0 Å². The lowest BCUT2D eigenvalue weighted by Gasteiger charge is -2.22. The molecule has 26 heavy (non-hydrogen) atoms. The minimum atomic E-state index is -2.81. The maximum Gasteiger partial charge on any atom is 0.383 e. The number of rotatable bonds is 6. The van der Waals surface area contributed by atoms with Crippen LogP contribution >= 0.6 is 44.3 Å². The van der Waals surface area contributed by atoms with Crippen molar-refractivity contribution >= 4 is 79.8 Å². The van der Waals surface area contributed by atoms with E-state index in [9.17, 15) is 0 Å². The fourth-order valence-electron chi connectivity index (χ4n) is 2.44. The van der Waals surface area contributed by atoms with Crippen molar-refractivity contribution in [1.82, 2.24) is 0 Å². The first-order valence-corrected chi connectivity index (χ1v) is 15.9. The van der Waals surface area contributed by atoms with E-state index >= 15 is 0 Å². The van der Waals surface area contributed by atoms with Crippen LogP contribution < -0.4 is 20.3 Å². The normalized spacial score (nSPS) is 11.8. The third-order valence-electron chi connectivity index (χ3n) is 3.76. The lowest BCUT2D eigenvalue weighted by Crippen LogP contribution is -2.45. The van der Waals surface area contributed by atoms with E-state index in [2.05, 4.69) is 9.96 Å². The molecule has 134 valence electrons. The third kappa shape index (κ3) is 4.97. The molecule has 3 aromatic rings. The average Bonchev–Trinajstić information content (AvgIpc) is 2.64. The molecule has 0 spiro atoms. The topological polar surface area (TPSA) is 24.1 Å². The molecule has 0 aliphatic rings. The largest absolute Gasteiger partial charge is 0.384 e. The van der Waals surface area contributed by atoms with Crippen molar-refractivity contribution in [2.45, 2.75) is 0 Å². The molecule has 0 heterocycles. The van der Waals surface area contributed by atoms with Crippen LogP contribution in [0.2, 0.25) is 0 Å². The van der Waals surface area contributed by atoms with E-state index in [1.165, 1.54) is 0 Å². The Kier molecular flexibility index (Phi) is 6.22. The lowest BCUT2D eigenvalue weighted by atomic mass is 10.3. The molecule has 0 atom stereocenters. The highest BCUT2D eigenvalue weighted by Crippen LogP contribution is 2.24. The number of hydrogen-bond donors (Lipinski definition) is 2. The van der Waals surface area contributed by atoms with E-state index in [0.29, 0.717) is 0 Å². The van der Waals surface area contributed by atoms with E-state index in [1.807, 2.05) is 84.9 Å². The molecule has 0 unspecified atom stereocenters. The zero-order chi connectivity index (χ0) is 18.6. The highest BCUT2D eigenvalue weighted by Gasteiger charge is 2.33. The van der Waals surface area contributed by atoms with Gasteiger partial charge in [0.25, 0.3) is 0 Å². The average molecular weight is 458 g/mol.